The number of aryl methyl sites for hydroxylation is 1. The summed E-state index contributed by atoms with van der Waals surface area (Å²) in [7, 11) is 0. The van der Waals surface area contributed by atoms with Gasteiger partial charge in [-0.05, 0) is 13.0 Å². The van der Waals surface area contributed by atoms with Gasteiger partial charge in [0.2, 0.25) is 0 Å². The van der Waals surface area contributed by atoms with Crippen LogP contribution in [0.25, 0.3) is 6.20 Å². The van der Waals surface area contributed by atoms with Gasteiger partial charge in [0, 0.05) is 17.8 Å². The van der Waals surface area contributed by atoms with Gasteiger partial charge in [0.15, 0.2) is 0 Å². The van der Waals surface area contributed by atoms with E-state index in [9.17, 15) is 0 Å². The maximum Gasteiger partial charge on any atom is 0.109 e. The van der Waals surface area contributed by atoms with Crippen molar-refractivity contribution in [3.05, 3.63) is 36.4 Å². The monoisotopic (exact) mass is 190 g/mol. The van der Waals surface area contributed by atoms with Gasteiger partial charge in [-0.15, -0.1) is 0 Å². The smallest absolute Gasteiger partial charge is 0.109 e. The Hall–Kier alpha value is -1.31. The van der Waals surface area contributed by atoms with E-state index in [4.69, 9.17) is 0 Å². The molecular weight excluding hydrogens is 172 g/mol. The molecule has 2 heteroatoms. The Balaban J connectivity index is 3.05. The number of hydrogen-bond acceptors (Lipinski definition) is 1. The third kappa shape index (κ3) is 2.34. The van der Waals surface area contributed by atoms with Crippen LogP contribution in [0.3, 0.4) is 0 Å². The largest absolute Gasteiger partial charge is 0.310 e. The van der Waals surface area contributed by atoms with Crippen LogP contribution in [-0.4, -0.2) is 9.55 Å². The molecule has 0 radical (unpaired) electrons. The fourth-order valence-corrected chi connectivity index (χ4v) is 1.15. The molecule has 1 aromatic rings. The van der Waals surface area contributed by atoms with Crippen molar-refractivity contribution in [3.8, 4) is 0 Å². The molecule has 0 fully saturated rings. The van der Waals surface area contributed by atoms with Crippen LogP contribution in [-0.2, 0) is 5.41 Å². The van der Waals surface area contributed by atoms with Gasteiger partial charge in [0.25, 0.3) is 0 Å². The number of hydrogen-bond donors (Lipinski definition) is 0. The molecule has 0 spiro atoms. The van der Waals surface area contributed by atoms with E-state index in [0.717, 1.165) is 11.5 Å². The Bertz CT molecular complexity index is 351. The summed E-state index contributed by atoms with van der Waals surface area (Å²) >= 11 is 0. The van der Waals surface area contributed by atoms with Crippen molar-refractivity contribution in [3.63, 3.8) is 0 Å². The van der Waals surface area contributed by atoms with Crippen molar-refractivity contribution < 1.29 is 0 Å². The lowest BCUT2D eigenvalue weighted by molar-refractivity contribution is 0.571. The Kier molecular flexibility index (Phi) is 2.94. The van der Waals surface area contributed by atoms with Crippen LogP contribution >= 0.6 is 0 Å². The zero-order chi connectivity index (χ0) is 10.8. The second-order valence-corrected chi connectivity index (χ2v) is 4.41. The van der Waals surface area contributed by atoms with E-state index in [1.165, 1.54) is 0 Å². The molecule has 0 bridgehead atoms. The summed E-state index contributed by atoms with van der Waals surface area (Å²) in [6.07, 6.45) is 7.69. The van der Waals surface area contributed by atoms with Crippen LogP contribution in [0, 0.1) is 6.92 Å². The van der Waals surface area contributed by atoms with E-state index in [1.54, 1.807) is 6.08 Å². The summed E-state index contributed by atoms with van der Waals surface area (Å²) in [5.74, 6) is 1.01. The highest BCUT2D eigenvalue weighted by molar-refractivity contribution is 5.31. The summed E-state index contributed by atoms with van der Waals surface area (Å²) in [6.45, 7) is 12.1. The Labute approximate surface area is 86.0 Å². The lowest BCUT2D eigenvalue weighted by atomic mass is 9.93. The molecule has 0 aliphatic carbocycles. The zero-order valence-electron chi connectivity index (χ0n) is 9.41. The molecule has 0 atom stereocenters. The van der Waals surface area contributed by atoms with Gasteiger partial charge in [-0.25, -0.2) is 4.98 Å². The molecular formula is C12H18N2. The summed E-state index contributed by atoms with van der Waals surface area (Å²) < 4.78 is 2.02. The summed E-state index contributed by atoms with van der Waals surface area (Å²) in [4.78, 5) is 4.51. The van der Waals surface area contributed by atoms with Crippen LogP contribution in [0.2, 0.25) is 0 Å². The SMILES string of the molecule is C=C/C=C\n1cc(C(C)(C)C)nc1C. The first-order chi connectivity index (χ1) is 6.45. The fourth-order valence-electron chi connectivity index (χ4n) is 1.15. The minimum Gasteiger partial charge on any atom is -0.310 e. The lowest BCUT2D eigenvalue weighted by Gasteiger charge is -2.13. The molecule has 0 N–H and O–H groups in total. The number of allylic oxidation sites excluding steroid dienone is 2. The molecule has 0 aliphatic heterocycles. The van der Waals surface area contributed by atoms with Crippen LogP contribution in [0.1, 0.15) is 32.3 Å². The molecule has 0 saturated heterocycles. The first-order valence-electron chi connectivity index (χ1n) is 4.80. The third-order valence-electron chi connectivity index (χ3n) is 2.07. The van der Waals surface area contributed by atoms with Crippen molar-refractivity contribution in [2.24, 2.45) is 0 Å². The second-order valence-electron chi connectivity index (χ2n) is 4.41. The topological polar surface area (TPSA) is 17.8 Å². The summed E-state index contributed by atoms with van der Waals surface area (Å²) in [5, 5.41) is 0. The van der Waals surface area contributed by atoms with Gasteiger partial charge in [0.1, 0.15) is 5.82 Å². The molecule has 1 heterocycles. The highest BCUT2D eigenvalue weighted by atomic mass is 15.1. The van der Waals surface area contributed by atoms with Gasteiger partial charge >= 0.3 is 0 Å². The van der Waals surface area contributed by atoms with Gasteiger partial charge < -0.3 is 4.57 Å². The van der Waals surface area contributed by atoms with Gasteiger partial charge in [-0.2, -0.15) is 0 Å². The van der Waals surface area contributed by atoms with Crippen molar-refractivity contribution in [1.82, 2.24) is 9.55 Å². The Morgan fingerprint density at radius 1 is 1.43 bits per heavy atom. The Morgan fingerprint density at radius 2 is 2.07 bits per heavy atom. The molecule has 0 aromatic carbocycles. The van der Waals surface area contributed by atoms with Crippen LogP contribution in [0.15, 0.2) is 24.9 Å². The molecule has 1 rings (SSSR count). The maximum absolute atomic E-state index is 4.51. The summed E-state index contributed by atoms with van der Waals surface area (Å²) in [5.41, 5.74) is 1.22. The number of nitrogens with zero attached hydrogens (tertiary/aromatic N) is 2. The van der Waals surface area contributed by atoms with Crippen molar-refractivity contribution in [2.75, 3.05) is 0 Å². The highest BCUT2D eigenvalue weighted by Gasteiger charge is 2.17. The van der Waals surface area contributed by atoms with Gasteiger partial charge in [-0.1, -0.05) is 33.4 Å². The lowest BCUT2D eigenvalue weighted by Crippen LogP contribution is -2.11. The van der Waals surface area contributed by atoms with Crippen LogP contribution in [0.4, 0.5) is 0 Å². The van der Waals surface area contributed by atoms with E-state index in [-0.39, 0.29) is 5.41 Å². The van der Waals surface area contributed by atoms with E-state index in [2.05, 4.69) is 38.5 Å². The second kappa shape index (κ2) is 3.82. The average molecular weight is 190 g/mol. The molecule has 76 valence electrons. The quantitative estimate of drug-likeness (QED) is 0.655. The van der Waals surface area contributed by atoms with E-state index in [0.29, 0.717) is 0 Å². The van der Waals surface area contributed by atoms with Crippen molar-refractivity contribution >= 4 is 6.20 Å². The molecule has 0 unspecified atom stereocenters. The molecule has 14 heavy (non-hydrogen) atoms. The first kappa shape index (κ1) is 10.8. The number of rotatable bonds is 2. The predicted octanol–water partition coefficient (Wildman–Crippen LogP) is 3.15. The van der Waals surface area contributed by atoms with E-state index >= 15 is 0 Å². The standard InChI is InChI=1S/C12H18N2/c1-6-7-8-14-9-11(12(3,4)5)13-10(14)2/h6-9H,1H2,2-5H3/b8-7-. The number of imidazole rings is 1. The minimum atomic E-state index is 0.109. The zero-order valence-corrected chi connectivity index (χ0v) is 9.41. The fraction of sp³-hybridized carbons (Fsp3) is 0.417. The predicted molar refractivity (Wildman–Crippen MR) is 61.2 cm³/mol. The molecule has 0 amide bonds. The third-order valence-corrected chi connectivity index (χ3v) is 2.07. The molecule has 0 saturated carbocycles. The normalized spacial score (nSPS) is 12.3. The number of aromatic nitrogens is 2. The van der Waals surface area contributed by atoms with E-state index in [1.807, 2.05) is 23.8 Å². The highest BCUT2D eigenvalue weighted by Crippen LogP contribution is 2.21. The summed E-state index contributed by atoms with van der Waals surface area (Å²) in [6, 6.07) is 0. The molecule has 0 aliphatic rings. The average Bonchev–Trinajstić information content (AvgIpc) is 2.43. The minimum absolute atomic E-state index is 0.109. The van der Waals surface area contributed by atoms with Crippen LogP contribution < -0.4 is 0 Å². The Morgan fingerprint density at radius 3 is 2.50 bits per heavy atom. The first-order valence-corrected chi connectivity index (χ1v) is 4.80. The van der Waals surface area contributed by atoms with Gasteiger partial charge in [0.05, 0.1) is 5.69 Å². The van der Waals surface area contributed by atoms with Crippen LogP contribution in [0.5, 0.6) is 0 Å². The van der Waals surface area contributed by atoms with E-state index < -0.39 is 0 Å². The van der Waals surface area contributed by atoms with Crippen molar-refractivity contribution in [2.45, 2.75) is 33.1 Å². The molecule has 1 aromatic heterocycles. The molecule has 2 nitrogen and oxygen atoms in total. The van der Waals surface area contributed by atoms with Crippen molar-refractivity contribution in [1.29, 1.82) is 0 Å². The van der Waals surface area contributed by atoms with Gasteiger partial charge in [-0.3, -0.25) is 0 Å². The maximum atomic E-state index is 4.51.